The van der Waals surface area contributed by atoms with E-state index in [9.17, 15) is 4.79 Å². The SMILES string of the molecule is [CH2]c1ccccc1C(=O)NCCc1c[nH]c2ccc(OC)cc12. The highest BCUT2D eigenvalue weighted by atomic mass is 16.5. The third-order valence-electron chi connectivity index (χ3n) is 3.92. The number of H-pyrrole nitrogens is 1. The molecule has 3 rings (SSSR count). The van der Waals surface area contributed by atoms with Crippen molar-refractivity contribution in [2.24, 2.45) is 0 Å². The molecular weight excluding hydrogens is 288 g/mol. The molecular formula is C19H19N2O2. The number of amides is 1. The van der Waals surface area contributed by atoms with E-state index < -0.39 is 0 Å². The van der Waals surface area contributed by atoms with Gasteiger partial charge in [0.2, 0.25) is 0 Å². The third kappa shape index (κ3) is 3.21. The van der Waals surface area contributed by atoms with Crippen LogP contribution in [-0.4, -0.2) is 24.5 Å². The lowest BCUT2D eigenvalue weighted by Crippen LogP contribution is -2.26. The Morgan fingerprint density at radius 2 is 2.09 bits per heavy atom. The molecule has 0 fully saturated rings. The van der Waals surface area contributed by atoms with Gasteiger partial charge in [-0.1, -0.05) is 18.2 Å². The summed E-state index contributed by atoms with van der Waals surface area (Å²) in [5.41, 5.74) is 3.58. The van der Waals surface area contributed by atoms with Crippen molar-refractivity contribution in [3.63, 3.8) is 0 Å². The summed E-state index contributed by atoms with van der Waals surface area (Å²) in [7, 11) is 1.66. The summed E-state index contributed by atoms with van der Waals surface area (Å²) in [6, 6.07) is 13.3. The van der Waals surface area contributed by atoms with Crippen LogP contribution in [0.5, 0.6) is 5.75 Å². The molecule has 4 heteroatoms. The fourth-order valence-electron chi connectivity index (χ4n) is 2.64. The van der Waals surface area contributed by atoms with Crippen molar-refractivity contribution < 1.29 is 9.53 Å². The second-order valence-corrected chi connectivity index (χ2v) is 5.39. The van der Waals surface area contributed by atoms with E-state index in [4.69, 9.17) is 4.74 Å². The second-order valence-electron chi connectivity index (χ2n) is 5.39. The highest BCUT2D eigenvalue weighted by Gasteiger charge is 2.09. The van der Waals surface area contributed by atoms with Crippen LogP contribution in [0.3, 0.4) is 0 Å². The van der Waals surface area contributed by atoms with Gasteiger partial charge in [-0.05, 0) is 48.7 Å². The first-order chi connectivity index (χ1) is 11.2. The molecule has 2 N–H and O–H groups in total. The van der Waals surface area contributed by atoms with Crippen LogP contribution in [0.2, 0.25) is 0 Å². The minimum absolute atomic E-state index is 0.0898. The number of ether oxygens (including phenoxy) is 1. The largest absolute Gasteiger partial charge is 0.497 e. The maximum Gasteiger partial charge on any atom is 0.251 e. The number of methoxy groups -OCH3 is 1. The van der Waals surface area contributed by atoms with E-state index in [0.717, 1.165) is 34.2 Å². The quantitative estimate of drug-likeness (QED) is 0.759. The molecule has 117 valence electrons. The van der Waals surface area contributed by atoms with E-state index >= 15 is 0 Å². The summed E-state index contributed by atoms with van der Waals surface area (Å²) in [6.07, 6.45) is 2.73. The molecule has 0 atom stereocenters. The van der Waals surface area contributed by atoms with Crippen molar-refractivity contribution in [2.45, 2.75) is 6.42 Å². The van der Waals surface area contributed by atoms with Crippen LogP contribution in [0, 0.1) is 6.92 Å². The molecule has 2 aromatic carbocycles. The molecule has 0 unspecified atom stereocenters. The summed E-state index contributed by atoms with van der Waals surface area (Å²) in [4.78, 5) is 15.4. The van der Waals surface area contributed by atoms with E-state index in [-0.39, 0.29) is 5.91 Å². The van der Waals surface area contributed by atoms with Gasteiger partial charge in [0.05, 0.1) is 7.11 Å². The number of carbonyl (C=O) groups excluding carboxylic acids is 1. The Bertz CT molecular complexity index is 836. The number of nitrogens with one attached hydrogen (secondary N) is 2. The van der Waals surface area contributed by atoms with Gasteiger partial charge in [-0.3, -0.25) is 4.79 Å². The van der Waals surface area contributed by atoms with Crippen LogP contribution in [-0.2, 0) is 6.42 Å². The summed E-state index contributed by atoms with van der Waals surface area (Å²) >= 11 is 0. The van der Waals surface area contributed by atoms with E-state index in [1.807, 2.05) is 42.6 Å². The van der Waals surface area contributed by atoms with Crippen LogP contribution in [0.1, 0.15) is 21.5 Å². The molecule has 0 saturated heterocycles. The molecule has 0 aliphatic carbocycles. The molecule has 0 aliphatic heterocycles. The van der Waals surface area contributed by atoms with Crippen LogP contribution in [0.4, 0.5) is 0 Å². The lowest BCUT2D eigenvalue weighted by Gasteiger charge is -2.07. The lowest BCUT2D eigenvalue weighted by atomic mass is 10.1. The first kappa shape index (κ1) is 15.2. The monoisotopic (exact) mass is 307 g/mol. The van der Waals surface area contributed by atoms with E-state index in [2.05, 4.69) is 17.2 Å². The molecule has 1 aromatic heterocycles. The predicted octanol–water partition coefficient (Wildman–Crippen LogP) is 3.33. The highest BCUT2D eigenvalue weighted by molar-refractivity contribution is 5.96. The van der Waals surface area contributed by atoms with Crippen molar-refractivity contribution in [2.75, 3.05) is 13.7 Å². The average Bonchev–Trinajstić information content (AvgIpc) is 2.97. The summed E-state index contributed by atoms with van der Waals surface area (Å²) in [5.74, 6) is 0.737. The summed E-state index contributed by atoms with van der Waals surface area (Å²) < 4.78 is 5.27. The number of benzene rings is 2. The zero-order chi connectivity index (χ0) is 16.2. The molecule has 0 bridgehead atoms. The van der Waals surface area contributed by atoms with Gasteiger partial charge in [0.15, 0.2) is 0 Å². The topological polar surface area (TPSA) is 54.1 Å². The molecule has 0 aliphatic rings. The zero-order valence-corrected chi connectivity index (χ0v) is 13.1. The molecule has 0 spiro atoms. The Morgan fingerprint density at radius 3 is 2.87 bits per heavy atom. The maximum atomic E-state index is 12.2. The van der Waals surface area contributed by atoms with Crippen LogP contribution in [0.25, 0.3) is 10.9 Å². The number of rotatable bonds is 5. The second kappa shape index (κ2) is 6.57. The fourth-order valence-corrected chi connectivity index (χ4v) is 2.64. The molecule has 4 nitrogen and oxygen atoms in total. The van der Waals surface area contributed by atoms with Gasteiger partial charge in [0.25, 0.3) is 5.91 Å². The van der Waals surface area contributed by atoms with Crippen LogP contribution < -0.4 is 10.1 Å². The zero-order valence-electron chi connectivity index (χ0n) is 13.1. The van der Waals surface area contributed by atoms with Gasteiger partial charge in [-0.15, -0.1) is 0 Å². The first-order valence-electron chi connectivity index (χ1n) is 7.52. The Morgan fingerprint density at radius 1 is 1.26 bits per heavy atom. The molecule has 23 heavy (non-hydrogen) atoms. The lowest BCUT2D eigenvalue weighted by molar-refractivity contribution is 0.0954. The molecule has 0 saturated carbocycles. The Labute approximate surface area is 135 Å². The Hall–Kier alpha value is -2.75. The maximum absolute atomic E-state index is 12.2. The molecule has 1 amide bonds. The molecule has 1 radical (unpaired) electrons. The fraction of sp³-hybridized carbons (Fsp3) is 0.158. The van der Waals surface area contributed by atoms with Crippen molar-refractivity contribution in [3.05, 3.63) is 72.3 Å². The van der Waals surface area contributed by atoms with Crippen molar-refractivity contribution in [1.29, 1.82) is 0 Å². The van der Waals surface area contributed by atoms with Gasteiger partial charge in [-0.25, -0.2) is 0 Å². The standard InChI is InChI=1S/C19H19N2O2/c1-13-5-3-4-6-16(13)19(22)20-10-9-14-12-21-18-8-7-15(23-2)11-17(14)18/h3-8,11-12,21H,1,9-10H2,2H3,(H,20,22). The van der Waals surface area contributed by atoms with Gasteiger partial charge in [-0.2, -0.15) is 0 Å². The van der Waals surface area contributed by atoms with Crippen LogP contribution >= 0.6 is 0 Å². The van der Waals surface area contributed by atoms with Crippen LogP contribution in [0.15, 0.2) is 48.7 Å². The predicted molar refractivity (Wildman–Crippen MR) is 91.8 cm³/mol. The van der Waals surface area contributed by atoms with Gasteiger partial charge in [0, 0.05) is 29.2 Å². The minimum atomic E-state index is -0.0898. The number of hydrogen-bond donors (Lipinski definition) is 2. The third-order valence-corrected chi connectivity index (χ3v) is 3.92. The average molecular weight is 307 g/mol. The summed E-state index contributed by atoms with van der Waals surface area (Å²) in [5, 5.41) is 4.07. The number of hydrogen-bond acceptors (Lipinski definition) is 2. The van der Waals surface area contributed by atoms with E-state index in [1.165, 1.54) is 0 Å². The van der Waals surface area contributed by atoms with Crippen molar-refractivity contribution in [1.82, 2.24) is 10.3 Å². The number of fused-ring (bicyclic) bond motifs is 1. The number of carbonyl (C=O) groups is 1. The van der Waals surface area contributed by atoms with Gasteiger partial charge >= 0.3 is 0 Å². The Balaban J connectivity index is 1.67. The van der Waals surface area contributed by atoms with Gasteiger partial charge < -0.3 is 15.0 Å². The highest BCUT2D eigenvalue weighted by Crippen LogP contribution is 2.23. The minimum Gasteiger partial charge on any atom is -0.497 e. The molecule has 1 heterocycles. The van der Waals surface area contributed by atoms with Crippen molar-refractivity contribution >= 4 is 16.8 Å². The normalized spacial score (nSPS) is 10.7. The number of aromatic nitrogens is 1. The first-order valence-corrected chi connectivity index (χ1v) is 7.52. The summed E-state index contributed by atoms with van der Waals surface area (Å²) in [6.45, 7) is 4.45. The smallest absolute Gasteiger partial charge is 0.251 e. The van der Waals surface area contributed by atoms with E-state index in [1.54, 1.807) is 13.2 Å². The Kier molecular flexibility index (Phi) is 4.33. The van der Waals surface area contributed by atoms with Crippen molar-refractivity contribution in [3.8, 4) is 5.75 Å². The van der Waals surface area contributed by atoms with Gasteiger partial charge in [0.1, 0.15) is 5.75 Å². The number of aromatic amines is 1. The molecule has 3 aromatic rings. The van der Waals surface area contributed by atoms with E-state index in [0.29, 0.717) is 12.1 Å².